The Kier molecular flexibility index (Phi) is 4.62. The zero-order chi connectivity index (χ0) is 14.5. The molecule has 1 aromatic heterocycles. The number of hydrogen-bond acceptors (Lipinski definition) is 5. The van der Waals surface area contributed by atoms with Gasteiger partial charge >= 0.3 is 0 Å². The second-order valence-corrected chi connectivity index (χ2v) is 4.61. The van der Waals surface area contributed by atoms with E-state index in [4.69, 9.17) is 29.0 Å². The number of rotatable bonds is 4. The van der Waals surface area contributed by atoms with Crippen LogP contribution in [0.1, 0.15) is 0 Å². The molecule has 0 saturated carbocycles. The number of aromatic nitrogens is 2. The number of nitrogens with zero attached hydrogens (tertiary/aromatic N) is 1. The van der Waals surface area contributed by atoms with Gasteiger partial charge in [0.1, 0.15) is 5.16 Å². The number of H-pyrrole nitrogens is 1. The quantitative estimate of drug-likeness (QED) is 0.393. The lowest BCUT2D eigenvalue weighted by Gasteiger charge is -2.09. The first kappa shape index (κ1) is 14.4. The van der Waals surface area contributed by atoms with E-state index in [1.165, 1.54) is 18.6 Å². The molecule has 2 aromatic rings. The number of nitrogens with one attached hydrogen (secondary N) is 3. The molecule has 0 atom stereocenters. The van der Waals surface area contributed by atoms with E-state index in [0.29, 0.717) is 22.0 Å². The molecule has 0 fully saturated rings. The Labute approximate surface area is 124 Å². The van der Waals surface area contributed by atoms with Crippen LogP contribution in [0.25, 0.3) is 11.3 Å². The maximum absolute atomic E-state index is 11.4. The van der Waals surface area contributed by atoms with Crippen LogP contribution in [-0.2, 0) is 0 Å². The predicted octanol–water partition coefficient (Wildman–Crippen LogP) is 2.00. The molecule has 1 heterocycles. The SMILES string of the molecule is NN/C(Cl)=C\Nc1ccc(Cl)cc1-c1cc(=O)[nH]cn1. The number of hydrogen-bond donors (Lipinski definition) is 4. The van der Waals surface area contributed by atoms with Crippen molar-refractivity contribution < 1.29 is 0 Å². The van der Waals surface area contributed by atoms with Gasteiger partial charge in [-0.15, -0.1) is 0 Å². The molecular formula is C12H11Cl2N5O. The highest BCUT2D eigenvalue weighted by Crippen LogP contribution is 2.29. The Hall–Kier alpha value is -2.02. The molecule has 0 aliphatic carbocycles. The minimum atomic E-state index is -0.252. The molecule has 5 N–H and O–H groups in total. The first-order valence-electron chi connectivity index (χ1n) is 5.53. The van der Waals surface area contributed by atoms with E-state index < -0.39 is 0 Å². The van der Waals surface area contributed by atoms with Gasteiger partial charge in [0.05, 0.1) is 12.0 Å². The third-order valence-electron chi connectivity index (χ3n) is 2.43. The fraction of sp³-hybridized carbons (Fsp3) is 0. The van der Waals surface area contributed by atoms with Gasteiger partial charge in [0.25, 0.3) is 5.56 Å². The van der Waals surface area contributed by atoms with Crippen molar-refractivity contribution in [3.63, 3.8) is 0 Å². The van der Waals surface area contributed by atoms with Crippen LogP contribution in [0.5, 0.6) is 0 Å². The van der Waals surface area contributed by atoms with E-state index in [1.54, 1.807) is 18.2 Å². The average Bonchev–Trinajstić information content (AvgIpc) is 2.45. The summed E-state index contributed by atoms with van der Waals surface area (Å²) in [4.78, 5) is 17.9. The fourth-order valence-electron chi connectivity index (χ4n) is 1.55. The highest BCUT2D eigenvalue weighted by molar-refractivity contribution is 6.31. The molecule has 0 unspecified atom stereocenters. The van der Waals surface area contributed by atoms with Gasteiger partial charge < -0.3 is 15.7 Å². The minimum Gasteiger partial charge on any atom is -0.358 e. The van der Waals surface area contributed by atoms with Gasteiger partial charge in [0.2, 0.25) is 0 Å². The molecule has 0 amide bonds. The van der Waals surface area contributed by atoms with Crippen LogP contribution < -0.4 is 22.1 Å². The van der Waals surface area contributed by atoms with Crippen LogP contribution in [0.2, 0.25) is 5.02 Å². The third-order valence-corrected chi connectivity index (χ3v) is 2.88. The van der Waals surface area contributed by atoms with Crippen molar-refractivity contribution in [1.29, 1.82) is 0 Å². The van der Waals surface area contributed by atoms with Gasteiger partial charge in [-0.2, -0.15) is 0 Å². The molecule has 0 bridgehead atoms. The molecule has 0 aliphatic heterocycles. The number of anilines is 1. The maximum atomic E-state index is 11.4. The van der Waals surface area contributed by atoms with Crippen LogP contribution in [-0.4, -0.2) is 9.97 Å². The summed E-state index contributed by atoms with van der Waals surface area (Å²) in [5.74, 6) is 5.16. The van der Waals surface area contributed by atoms with E-state index in [9.17, 15) is 4.79 Å². The van der Waals surface area contributed by atoms with Crippen molar-refractivity contribution in [2.45, 2.75) is 0 Å². The van der Waals surface area contributed by atoms with Crippen molar-refractivity contribution in [3.8, 4) is 11.3 Å². The van der Waals surface area contributed by atoms with Gasteiger partial charge in [-0.05, 0) is 18.2 Å². The number of halogens is 2. The summed E-state index contributed by atoms with van der Waals surface area (Å²) in [6, 6.07) is 6.53. The molecule has 0 radical (unpaired) electrons. The summed E-state index contributed by atoms with van der Waals surface area (Å²) in [6.07, 6.45) is 2.80. The van der Waals surface area contributed by atoms with Crippen molar-refractivity contribution in [3.05, 3.63) is 57.3 Å². The average molecular weight is 312 g/mol. The lowest BCUT2D eigenvalue weighted by Crippen LogP contribution is -2.18. The number of aromatic amines is 1. The summed E-state index contributed by atoms with van der Waals surface area (Å²) in [5, 5.41) is 3.72. The largest absolute Gasteiger partial charge is 0.358 e. The van der Waals surface area contributed by atoms with E-state index in [1.807, 2.05) is 0 Å². The normalized spacial score (nSPS) is 11.2. The minimum absolute atomic E-state index is 0.227. The zero-order valence-electron chi connectivity index (χ0n) is 10.2. The molecule has 0 spiro atoms. The molecule has 2 rings (SSSR count). The second kappa shape index (κ2) is 6.42. The summed E-state index contributed by atoms with van der Waals surface area (Å²) in [7, 11) is 0. The lowest BCUT2D eigenvalue weighted by molar-refractivity contribution is 0.943. The summed E-state index contributed by atoms with van der Waals surface area (Å²) >= 11 is 11.7. The Morgan fingerprint density at radius 1 is 1.40 bits per heavy atom. The summed E-state index contributed by atoms with van der Waals surface area (Å²) in [6.45, 7) is 0. The molecule has 8 heteroatoms. The Morgan fingerprint density at radius 2 is 2.20 bits per heavy atom. The van der Waals surface area contributed by atoms with E-state index >= 15 is 0 Å². The van der Waals surface area contributed by atoms with Crippen LogP contribution in [0.15, 0.2) is 46.7 Å². The van der Waals surface area contributed by atoms with Crippen molar-refractivity contribution in [2.75, 3.05) is 5.32 Å². The first-order valence-corrected chi connectivity index (χ1v) is 6.29. The summed E-state index contributed by atoms with van der Waals surface area (Å²) < 4.78 is 0. The number of nitrogens with two attached hydrogens (primary N) is 1. The van der Waals surface area contributed by atoms with E-state index in [0.717, 1.165) is 0 Å². The molecule has 0 aliphatic rings. The van der Waals surface area contributed by atoms with Crippen molar-refractivity contribution in [1.82, 2.24) is 15.4 Å². The summed E-state index contributed by atoms with van der Waals surface area (Å²) in [5.41, 5.74) is 3.87. The zero-order valence-corrected chi connectivity index (χ0v) is 11.7. The Morgan fingerprint density at radius 3 is 2.90 bits per heavy atom. The fourth-order valence-corrected chi connectivity index (χ4v) is 1.78. The van der Waals surface area contributed by atoms with Gasteiger partial charge in [0.15, 0.2) is 0 Å². The molecule has 20 heavy (non-hydrogen) atoms. The number of benzene rings is 1. The van der Waals surface area contributed by atoms with Crippen molar-refractivity contribution >= 4 is 28.9 Å². The van der Waals surface area contributed by atoms with Crippen LogP contribution in [0.3, 0.4) is 0 Å². The highest BCUT2D eigenvalue weighted by Gasteiger charge is 2.07. The van der Waals surface area contributed by atoms with Crippen LogP contribution >= 0.6 is 23.2 Å². The maximum Gasteiger partial charge on any atom is 0.251 e. The standard InChI is InChI=1S/C12H11Cl2N5O/c13-7-1-2-9(16-5-11(14)19-15)8(3-7)10-4-12(20)18-6-17-10/h1-6,16,19H,15H2,(H,17,18,20)/b11-5-. The Bertz CT molecular complexity index is 698. The molecule has 104 valence electrons. The van der Waals surface area contributed by atoms with Gasteiger partial charge in [-0.3, -0.25) is 4.79 Å². The first-order chi connectivity index (χ1) is 9.60. The monoisotopic (exact) mass is 311 g/mol. The highest BCUT2D eigenvalue weighted by atomic mass is 35.5. The van der Waals surface area contributed by atoms with Crippen LogP contribution in [0, 0.1) is 0 Å². The van der Waals surface area contributed by atoms with Gasteiger partial charge in [-0.25, -0.2) is 10.8 Å². The topological polar surface area (TPSA) is 95.8 Å². The van der Waals surface area contributed by atoms with Crippen molar-refractivity contribution in [2.24, 2.45) is 5.84 Å². The molecule has 1 aromatic carbocycles. The molecule has 6 nitrogen and oxygen atoms in total. The molecular weight excluding hydrogens is 301 g/mol. The van der Waals surface area contributed by atoms with Gasteiger partial charge in [0, 0.05) is 28.5 Å². The van der Waals surface area contributed by atoms with E-state index in [-0.39, 0.29) is 10.7 Å². The predicted molar refractivity (Wildman–Crippen MR) is 80.2 cm³/mol. The van der Waals surface area contributed by atoms with E-state index in [2.05, 4.69) is 20.7 Å². The third kappa shape index (κ3) is 3.51. The Balaban J connectivity index is 2.46. The smallest absolute Gasteiger partial charge is 0.251 e. The van der Waals surface area contributed by atoms with Gasteiger partial charge in [-0.1, -0.05) is 23.2 Å². The molecule has 0 saturated heterocycles. The lowest BCUT2D eigenvalue weighted by atomic mass is 10.1. The second-order valence-electron chi connectivity index (χ2n) is 3.77. The van der Waals surface area contributed by atoms with Crippen LogP contribution in [0.4, 0.5) is 5.69 Å². The number of hydrazine groups is 1.